The Kier molecular flexibility index (Phi) is 6.45. The Morgan fingerprint density at radius 1 is 1.03 bits per heavy atom. The van der Waals surface area contributed by atoms with Crippen molar-refractivity contribution in [2.45, 2.75) is 6.92 Å². The second kappa shape index (κ2) is 9.88. The van der Waals surface area contributed by atoms with E-state index in [-0.39, 0.29) is 44.6 Å². The Balaban J connectivity index is 1.64. The first-order valence-electron chi connectivity index (χ1n) is 11.5. The van der Waals surface area contributed by atoms with Crippen molar-refractivity contribution in [2.24, 2.45) is 10.2 Å². The van der Waals surface area contributed by atoms with Gasteiger partial charge in [0.25, 0.3) is 17.7 Å². The van der Waals surface area contributed by atoms with Crippen LogP contribution < -0.4 is 5.32 Å². The van der Waals surface area contributed by atoms with E-state index in [9.17, 15) is 24.8 Å². The van der Waals surface area contributed by atoms with E-state index in [1.54, 1.807) is 61.5 Å². The Morgan fingerprint density at radius 3 is 2.42 bits per heavy atom. The average molecular weight is 568 g/mol. The molecule has 9 nitrogen and oxygen atoms in total. The Bertz CT molecular complexity index is 1730. The van der Waals surface area contributed by atoms with Crippen LogP contribution in [0.1, 0.15) is 43.6 Å². The lowest BCUT2D eigenvalue weighted by Gasteiger charge is -2.11. The summed E-state index contributed by atoms with van der Waals surface area (Å²) in [7, 11) is 0. The second-order valence-electron chi connectivity index (χ2n) is 8.34. The highest BCUT2D eigenvalue weighted by Crippen LogP contribution is 2.43. The van der Waals surface area contributed by atoms with Gasteiger partial charge in [-0.1, -0.05) is 42.5 Å². The van der Waals surface area contributed by atoms with Crippen LogP contribution in [0.2, 0.25) is 0 Å². The van der Waals surface area contributed by atoms with Crippen LogP contribution in [0.4, 0.5) is 17.1 Å². The van der Waals surface area contributed by atoms with E-state index in [4.69, 9.17) is 0 Å². The van der Waals surface area contributed by atoms with Gasteiger partial charge in [0, 0.05) is 17.6 Å². The molecule has 2 N–H and O–H groups in total. The molecule has 4 aromatic rings. The average Bonchev–Trinajstić information content (AvgIpc) is 3.17. The van der Waals surface area contributed by atoms with Gasteiger partial charge in [-0.15, -0.1) is 10.2 Å². The number of para-hydroxylation sites is 1. The molecule has 3 amide bonds. The lowest BCUT2D eigenvalue weighted by Crippen LogP contribution is -2.29. The van der Waals surface area contributed by atoms with Crippen LogP contribution in [0.25, 0.3) is 10.8 Å². The maximum Gasteiger partial charge on any atom is 0.262 e. The fourth-order valence-electron chi connectivity index (χ4n) is 4.27. The highest BCUT2D eigenvalue weighted by atomic mass is 79.9. The van der Waals surface area contributed by atoms with E-state index in [0.29, 0.717) is 16.5 Å². The van der Waals surface area contributed by atoms with Crippen LogP contribution >= 0.6 is 15.9 Å². The number of amides is 3. The largest absolute Gasteiger partial charge is 0.505 e. The number of anilines is 1. The third-order valence-corrected chi connectivity index (χ3v) is 6.91. The zero-order valence-electron chi connectivity index (χ0n) is 19.9. The number of fused-ring (bicyclic) bond motifs is 2. The first kappa shape index (κ1) is 24.8. The number of aromatic hydroxyl groups is 1. The quantitative estimate of drug-likeness (QED) is 0.210. The summed E-state index contributed by atoms with van der Waals surface area (Å²) in [5.41, 5.74) is 0.772. The van der Waals surface area contributed by atoms with Crippen molar-refractivity contribution in [1.82, 2.24) is 4.90 Å². The molecule has 10 heteroatoms. The summed E-state index contributed by atoms with van der Waals surface area (Å²) in [6, 6.07) is 20.7. The molecule has 38 heavy (non-hydrogen) atoms. The molecule has 186 valence electrons. The van der Waals surface area contributed by atoms with Crippen LogP contribution in [-0.2, 0) is 0 Å². The number of carbonyl (C=O) groups excluding carboxylic acids is 3. The van der Waals surface area contributed by atoms with Gasteiger partial charge >= 0.3 is 0 Å². The zero-order chi connectivity index (χ0) is 27.0. The van der Waals surface area contributed by atoms with Crippen molar-refractivity contribution in [3.05, 3.63) is 93.5 Å². The van der Waals surface area contributed by atoms with Crippen LogP contribution in [0.5, 0.6) is 5.75 Å². The first-order valence-corrected chi connectivity index (χ1v) is 12.3. The molecular weight excluding hydrogens is 550 g/mol. The van der Waals surface area contributed by atoms with Gasteiger partial charge < -0.3 is 10.4 Å². The van der Waals surface area contributed by atoms with E-state index in [1.807, 2.05) is 12.1 Å². The smallest absolute Gasteiger partial charge is 0.262 e. The molecule has 0 unspecified atom stereocenters. The number of nitrogens with one attached hydrogen (secondary N) is 1. The Hall–Kier alpha value is -4.88. The molecule has 4 aromatic carbocycles. The number of phenolic OH excluding ortho intramolecular Hbond substituents is 1. The molecule has 0 spiro atoms. The minimum absolute atomic E-state index is 0.00943. The van der Waals surface area contributed by atoms with Gasteiger partial charge in [0.15, 0.2) is 5.75 Å². The summed E-state index contributed by atoms with van der Waals surface area (Å²) in [4.78, 5) is 39.6. The predicted octanol–water partition coefficient (Wildman–Crippen LogP) is 6.46. The standard InChI is InChI=1S/C28H18BrN5O4/c1-2-34-27(37)19-13-16(14-30)23(22(29)21(19)28(34)38)32-33-24-18-11-7-6-8-15(18)12-20(25(24)35)26(36)31-17-9-4-3-5-10-17/h3-13,35H,2H2,1H3,(H,31,36)/b33-32+. The maximum atomic E-state index is 13.0. The molecule has 1 heterocycles. The molecule has 0 saturated carbocycles. The van der Waals surface area contributed by atoms with Crippen molar-refractivity contribution in [2.75, 3.05) is 11.9 Å². The third kappa shape index (κ3) is 4.09. The van der Waals surface area contributed by atoms with Gasteiger partial charge in [-0.05, 0) is 52.5 Å². The number of benzene rings is 4. The summed E-state index contributed by atoms with van der Waals surface area (Å²) in [6.07, 6.45) is 0. The van der Waals surface area contributed by atoms with Crippen molar-refractivity contribution in [3.63, 3.8) is 0 Å². The monoisotopic (exact) mass is 567 g/mol. The number of halogens is 1. The molecule has 1 aliphatic rings. The number of carbonyl (C=O) groups is 3. The van der Waals surface area contributed by atoms with Crippen molar-refractivity contribution < 1.29 is 19.5 Å². The van der Waals surface area contributed by atoms with E-state index >= 15 is 0 Å². The van der Waals surface area contributed by atoms with Crippen molar-refractivity contribution in [1.29, 1.82) is 5.26 Å². The van der Waals surface area contributed by atoms with Gasteiger partial charge in [0.2, 0.25) is 0 Å². The highest BCUT2D eigenvalue weighted by molar-refractivity contribution is 9.10. The summed E-state index contributed by atoms with van der Waals surface area (Å²) >= 11 is 3.33. The minimum atomic E-state index is -0.545. The van der Waals surface area contributed by atoms with Crippen molar-refractivity contribution in [3.8, 4) is 11.8 Å². The van der Waals surface area contributed by atoms with Gasteiger partial charge in [0.05, 0.1) is 26.7 Å². The number of phenols is 1. The summed E-state index contributed by atoms with van der Waals surface area (Å²) in [6.45, 7) is 1.85. The third-order valence-electron chi connectivity index (χ3n) is 6.13. The highest BCUT2D eigenvalue weighted by Gasteiger charge is 2.38. The number of hydrogen-bond donors (Lipinski definition) is 2. The fourth-order valence-corrected chi connectivity index (χ4v) is 4.95. The molecule has 0 fully saturated rings. The van der Waals surface area contributed by atoms with E-state index in [0.717, 1.165) is 4.90 Å². The summed E-state index contributed by atoms with van der Waals surface area (Å²) < 4.78 is 0.145. The SMILES string of the molecule is CCN1C(=O)c2cc(C#N)c(/N=N/c3c(O)c(C(=O)Nc4ccccc4)cc4ccccc34)c(Br)c2C1=O. The molecule has 0 bridgehead atoms. The fraction of sp³-hybridized carbons (Fsp3) is 0.0714. The van der Waals surface area contributed by atoms with Gasteiger partial charge in [-0.2, -0.15) is 5.26 Å². The van der Waals surface area contributed by atoms with E-state index in [2.05, 4.69) is 31.5 Å². The first-order chi connectivity index (χ1) is 18.3. The molecule has 0 aliphatic carbocycles. The van der Waals surface area contributed by atoms with Crippen LogP contribution in [-0.4, -0.2) is 34.3 Å². The normalized spacial score (nSPS) is 12.7. The molecule has 0 radical (unpaired) electrons. The number of imide groups is 1. The molecule has 5 rings (SSSR count). The number of nitrogens with zero attached hydrogens (tertiary/aromatic N) is 4. The molecule has 0 saturated heterocycles. The Labute approximate surface area is 225 Å². The van der Waals surface area contributed by atoms with Gasteiger partial charge in [-0.25, -0.2) is 0 Å². The summed E-state index contributed by atoms with van der Waals surface area (Å²) in [5, 5.41) is 33.2. The molecular formula is C28H18BrN5O4. The predicted molar refractivity (Wildman–Crippen MR) is 144 cm³/mol. The molecule has 0 atom stereocenters. The lowest BCUT2D eigenvalue weighted by atomic mass is 10.0. The summed E-state index contributed by atoms with van der Waals surface area (Å²) in [5.74, 6) is -1.95. The van der Waals surface area contributed by atoms with Crippen LogP contribution in [0.3, 0.4) is 0 Å². The topological polar surface area (TPSA) is 135 Å². The number of rotatable bonds is 5. The number of azo groups is 1. The molecule has 1 aliphatic heterocycles. The Morgan fingerprint density at radius 2 is 1.71 bits per heavy atom. The molecule has 0 aromatic heterocycles. The minimum Gasteiger partial charge on any atom is -0.505 e. The number of nitriles is 1. The van der Waals surface area contributed by atoms with Crippen molar-refractivity contribution >= 4 is 61.5 Å². The van der Waals surface area contributed by atoms with Crippen LogP contribution in [0.15, 0.2) is 81.4 Å². The van der Waals surface area contributed by atoms with E-state index < -0.39 is 23.5 Å². The second-order valence-corrected chi connectivity index (χ2v) is 9.13. The zero-order valence-corrected chi connectivity index (χ0v) is 21.5. The number of hydrogen-bond acceptors (Lipinski definition) is 7. The van der Waals surface area contributed by atoms with Crippen LogP contribution in [0, 0.1) is 11.3 Å². The van der Waals surface area contributed by atoms with Gasteiger partial charge in [0.1, 0.15) is 17.4 Å². The van der Waals surface area contributed by atoms with Gasteiger partial charge in [-0.3, -0.25) is 19.3 Å². The maximum absolute atomic E-state index is 13.0. The van der Waals surface area contributed by atoms with E-state index in [1.165, 1.54) is 6.07 Å². The lowest BCUT2D eigenvalue weighted by molar-refractivity contribution is 0.0662.